The lowest BCUT2D eigenvalue weighted by molar-refractivity contribution is 0.0566. The second-order valence-electron chi connectivity index (χ2n) is 11.3. The van der Waals surface area contributed by atoms with E-state index in [1.54, 1.807) is 11.1 Å². The highest BCUT2D eigenvalue weighted by Crippen LogP contribution is 2.39. The van der Waals surface area contributed by atoms with Gasteiger partial charge in [0, 0.05) is 60.9 Å². The van der Waals surface area contributed by atoms with E-state index in [0.717, 1.165) is 59.5 Å². The number of rotatable bonds is 4. The zero-order valence-electron chi connectivity index (χ0n) is 23.9. The smallest absolute Gasteiger partial charge is 0.415 e. The first-order chi connectivity index (χ1) is 19.7. The maximum atomic E-state index is 13.0. The Hall–Kier alpha value is -4.44. The summed E-state index contributed by atoms with van der Waals surface area (Å²) in [5.74, 6) is 0.954. The van der Waals surface area contributed by atoms with Crippen LogP contribution in [0.4, 0.5) is 27.8 Å². The monoisotopic (exact) mass is 553 g/mol. The largest absolute Gasteiger partial charge is 0.474 e. The second-order valence-corrected chi connectivity index (χ2v) is 11.3. The Labute approximate surface area is 239 Å². The van der Waals surface area contributed by atoms with Crippen LogP contribution in [0.2, 0.25) is 0 Å². The fraction of sp³-hybridized carbons (Fsp3) is 0.355. The van der Waals surface area contributed by atoms with Gasteiger partial charge in [0.15, 0.2) is 0 Å². The quantitative estimate of drug-likeness (QED) is 0.349. The minimum absolute atomic E-state index is 0.360. The molecule has 0 spiro atoms. The maximum Gasteiger partial charge on any atom is 0.415 e. The lowest BCUT2D eigenvalue weighted by atomic mass is 9.99. The van der Waals surface area contributed by atoms with Crippen LogP contribution in [0.1, 0.15) is 26.3 Å². The summed E-state index contributed by atoms with van der Waals surface area (Å²) in [6, 6.07) is 14.4. The molecule has 1 saturated heterocycles. The van der Waals surface area contributed by atoms with E-state index in [-0.39, 0.29) is 0 Å². The fourth-order valence-electron chi connectivity index (χ4n) is 5.19. The predicted molar refractivity (Wildman–Crippen MR) is 161 cm³/mol. The van der Waals surface area contributed by atoms with Gasteiger partial charge >= 0.3 is 6.09 Å². The van der Waals surface area contributed by atoms with Gasteiger partial charge in [-0.1, -0.05) is 12.1 Å². The molecule has 6 rings (SSSR count). The summed E-state index contributed by atoms with van der Waals surface area (Å²) in [4.78, 5) is 30.9. The Morgan fingerprint density at radius 3 is 2.56 bits per heavy atom. The van der Waals surface area contributed by atoms with Crippen molar-refractivity contribution in [1.82, 2.24) is 20.3 Å². The van der Waals surface area contributed by atoms with Gasteiger partial charge < -0.3 is 25.0 Å². The standard InChI is InChI=1S/C31H35N7O3/c1-20-25(19-33-28-27(20)38(15-16-40-28)30(39)41-31(2,3)4)21-5-6-22-18-34-29(36-26(22)17-21)35-23-7-9-24(10-8-23)37-13-11-32-12-14-37/h5-10,17-19,32H,11-16H2,1-4H3,(H,34,35,36). The molecule has 0 unspecified atom stereocenters. The van der Waals surface area contributed by atoms with E-state index in [0.29, 0.717) is 30.7 Å². The molecule has 2 aliphatic heterocycles. The van der Waals surface area contributed by atoms with Crippen LogP contribution in [0.15, 0.2) is 54.9 Å². The van der Waals surface area contributed by atoms with Crippen LogP contribution in [0.25, 0.3) is 22.0 Å². The van der Waals surface area contributed by atoms with Crippen LogP contribution in [-0.4, -0.2) is 66.0 Å². The van der Waals surface area contributed by atoms with Crippen molar-refractivity contribution < 1.29 is 14.3 Å². The van der Waals surface area contributed by atoms with Crippen molar-refractivity contribution in [2.75, 3.05) is 54.4 Å². The molecule has 0 aliphatic carbocycles. The normalized spacial score (nSPS) is 15.3. The van der Waals surface area contributed by atoms with E-state index in [9.17, 15) is 4.79 Å². The Kier molecular flexibility index (Phi) is 7.08. The highest BCUT2D eigenvalue weighted by Gasteiger charge is 2.31. The van der Waals surface area contributed by atoms with Crippen molar-refractivity contribution in [3.8, 4) is 17.0 Å². The van der Waals surface area contributed by atoms with E-state index in [2.05, 4.69) is 49.8 Å². The number of nitrogens with zero attached hydrogens (tertiary/aromatic N) is 5. The second kappa shape index (κ2) is 10.9. The highest BCUT2D eigenvalue weighted by atomic mass is 16.6. The minimum atomic E-state index is -0.606. The first kappa shape index (κ1) is 26.8. The number of carbonyl (C=O) groups excluding carboxylic acids is 1. The lowest BCUT2D eigenvalue weighted by Gasteiger charge is -2.32. The number of aromatic nitrogens is 3. The van der Waals surface area contributed by atoms with Gasteiger partial charge in [-0.05, 0) is 69.2 Å². The summed E-state index contributed by atoms with van der Waals surface area (Å²) in [6.45, 7) is 12.3. The van der Waals surface area contributed by atoms with Gasteiger partial charge in [-0.25, -0.2) is 19.7 Å². The summed E-state index contributed by atoms with van der Waals surface area (Å²) in [6.07, 6.45) is 3.19. The molecule has 4 aromatic rings. The van der Waals surface area contributed by atoms with Crippen LogP contribution in [-0.2, 0) is 4.74 Å². The Balaban J connectivity index is 1.27. The van der Waals surface area contributed by atoms with Crippen LogP contribution >= 0.6 is 0 Å². The number of benzene rings is 2. The van der Waals surface area contributed by atoms with Crippen molar-refractivity contribution in [3.63, 3.8) is 0 Å². The molecule has 212 valence electrons. The first-order valence-electron chi connectivity index (χ1n) is 14.0. The fourth-order valence-corrected chi connectivity index (χ4v) is 5.19. The summed E-state index contributed by atoms with van der Waals surface area (Å²) in [5, 5.41) is 7.65. The minimum Gasteiger partial charge on any atom is -0.474 e. The Morgan fingerprint density at radius 1 is 1.02 bits per heavy atom. The molecule has 1 amide bonds. The Morgan fingerprint density at radius 2 is 1.80 bits per heavy atom. The van der Waals surface area contributed by atoms with E-state index < -0.39 is 11.7 Å². The van der Waals surface area contributed by atoms with Gasteiger partial charge in [-0.3, -0.25) is 4.90 Å². The molecule has 4 heterocycles. The van der Waals surface area contributed by atoms with E-state index in [1.807, 2.05) is 52.1 Å². The van der Waals surface area contributed by atoms with Gasteiger partial charge in [0.25, 0.3) is 0 Å². The Bertz CT molecular complexity index is 1580. The third-order valence-corrected chi connectivity index (χ3v) is 7.21. The van der Waals surface area contributed by atoms with Gasteiger partial charge in [0.1, 0.15) is 17.9 Å². The SMILES string of the molecule is Cc1c(-c2ccc3cnc(Nc4ccc(N5CCNCC5)cc4)nc3c2)cnc2c1N(C(=O)OC(C)(C)C)CCO2. The van der Waals surface area contributed by atoms with Crippen LogP contribution in [0.3, 0.4) is 0 Å². The average molecular weight is 554 g/mol. The maximum absolute atomic E-state index is 13.0. The number of hydrogen-bond acceptors (Lipinski definition) is 9. The van der Waals surface area contributed by atoms with E-state index in [4.69, 9.17) is 14.5 Å². The summed E-state index contributed by atoms with van der Waals surface area (Å²) in [7, 11) is 0. The third-order valence-electron chi connectivity index (χ3n) is 7.21. The number of amides is 1. The number of fused-ring (bicyclic) bond motifs is 2. The molecule has 10 heteroatoms. The molecule has 2 aromatic carbocycles. The molecular formula is C31H35N7O3. The molecule has 0 radical (unpaired) electrons. The number of pyridine rings is 1. The van der Waals surface area contributed by atoms with Crippen molar-refractivity contribution in [2.45, 2.75) is 33.3 Å². The zero-order valence-corrected chi connectivity index (χ0v) is 23.9. The van der Waals surface area contributed by atoms with Crippen LogP contribution < -0.4 is 25.2 Å². The molecule has 0 saturated carbocycles. The highest BCUT2D eigenvalue weighted by molar-refractivity contribution is 5.94. The predicted octanol–water partition coefficient (Wildman–Crippen LogP) is 5.29. The molecule has 41 heavy (non-hydrogen) atoms. The van der Waals surface area contributed by atoms with Crippen molar-refractivity contribution in [1.29, 1.82) is 0 Å². The lowest BCUT2D eigenvalue weighted by Crippen LogP contribution is -2.43. The summed E-state index contributed by atoms with van der Waals surface area (Å²) in [5.41, 5.74) is 5.68. The van der Waals surface area contributed by atoms with Crippen molar-refractivity contribution in [2.24, 2.45) is 0 Å². The number of ether oxygens (including phenoxy) is 2. The van der Waals surface area contributed by atoms with Gasteiger partial charge in [-0.15, -0.1) is 0 Å². The number of anilines is 4. The van der Waals surface area contributed by atoms with Crippen molar-refractivity contribution >= 4 is 40.0 Å². The summed E-state index contributed by atoms with van der Waals surface area (Å²) >= 11 is 0. The van der Waals surface area contributed by atoms with Gasteiger partial charge in [0.05, 0.1) is 12.1 Å². The zero-order chi connectivity index (χ0) is 28.6. The van der Waals surface area contributed by atoms with E-state index in [1.165, 1.54) is 5.69 Å². The topological polar surface area (TPSA) is 105 Å². The molecule has 0 bridgehead atoms. The third kappa shape index (κ3) is 5.74. The van der Waals surface area contributed by atoms with E-state index >= 15 is 0 Å². The van der Waals surface area contributed by atoms with Gasteiger partial charge in [-0.2, -0.15) is 0 Å². The number of nitrogens with one attached hydrogen (secondary N) is 2. The first-order valence-corrected chi connectivity index (χ1v) is 14.0. The van der Waals surface area contributed by atoms with Crippen LogP contribution in [0, 0.1) is 6.92 Å². The molecule has 1 fully saturated rings. The van der Waals surface area contributed by atoms with Crippen molar-refractivity contribution in [3.05, 3.63) is 60.4 Å². The number of hydrogen-bond donors (Lipinski definition) is 2. The molecule has 2 aliphatic rings. The molecular weight excluding hydrogens is 518 g/mol. The molecule has 2 aromatic heterocycles. The molecule has 10 nitrogen and oxygen atoms in total. The van der Waals surface area contributed by atoms with Gasteiger partial charge in [0.2, 0.25) is 11.8 Å². The number of carbonyl (C=O) groups is 1. The van der Waals surface area contributed by atoms with Crippen LogP contribution in [0.5, 0.6) is 5.88 Å². The molecule has 0 atom stereocenters. The number of piperazine rings is 1. The summed E-state index contributed by atoms with van der Waals surface area (Å²) < 4.78 is 11.5. The molecule has 2 N–H and O–H groups in total. The average Bonchev–Trinajstić information content (AvgIpc) is 2.97.